The van der Waals surface area contributed by atoms with Crippen molar-refractivity contribution in [3.8, 4) is 33.4 Å². The normalized spacial score (nSPS) is 15.5. The Morgan fingerprint density at radius 1 is 0.542 bits per heavy atom. The second-order valence-electron chi connectivity index (χ2n) is 24.9. The van der Waals surface area contributed by atoms with Crippen LogP contribution >= 0.6 is 0 Å². The van der Waals surface area contributed by atoms with E-state index in [1.807, 2.05) is 48.8 Å². The summed E-state index contributed by atoms with van der Waals surface area (Å²) in [5, 5.41) is 1.81. The Hall–Kier alpha value is -9.20. The number of hydrogen-bond acceptors (Lipinski definition) is 5. The van der Waals surface area contributed by atoms with Gasteiger partial charge in [0, 0.05) is 51.5 Å². The molecule has 0 saturated heterocycles. The van der Waals surface area contributed by atoms with Crippen LogP contribution in [0.15, 0.2) is 235 Å². The lowest BCUT2D eigenvalue weighted by atomic mass is 9.64. The summed E-state index contributed by atoms with van der Waals surface area (Å²) in [6.07, 6.45) is 11.6. The summed E-state index contributed by atoms with van der Waals surface area (Å²) in [6.45, 7) is 20.0. The SMILES string of the molecule is Cc1cnc(N(C2=CCC(C)(C(C)(C)C)C=C2)c2cc3c(c4oc5ccccc5c24)-c2ccc(N(c4ccc(C(C)(C)C)cc4)c4ncc(C)cc4-c4ccccc4)cc2C3(c2cccc(F)c2)c2cccc(F)c2)c(-c2ccccc2)c1. The quantitative estimate of drug-likeness (QED) is 0.137. The van der Waals surface area contributed by atoms with Crippen LogP contribution in [-0.4, -0.2) is 9.97 Å². The standard InChI is InChI=1S/C76H66F2N4O/c1-48-40-62(50-20-12-10-13-21-50)71(79-46-48)81(57-32-30-52(31-33-57)73(3,4)5)59-34-35-60-64(44-59)76(53-24-18-26-55(77)42-53,54-25-19-27-56(78)43-54)65-45-66(69-61-28-16-17-29-67(61)83-70(69)68(60)65)82(58-36-38-75(9,39-37-58)74(6,7)8)72-63(41-49(2)47-80-72)51-22-14-11-15-23-51/h10-38,40-47H,39H2,1-9H3. The smallest absolute Gasteiger partial charge is 0.145 e. The minimum Gasteiger partial charge on any atom is -0.455 e. The number of hydrogen-bond donors (Lipinski definition) is 0. The number of pyridine rings is 2. The number of furan rings is 1. The first kappa shape index (κ1) is 53.1. The third kappa shape index (κ3) is 8.96. The van der Waals surface area contributed by atoms with Crippen LogP contribution in [0.3, 0.4) is 0 Å². The molecule has 0 radical (unpaired) electrons. The lowest BCUT2D eigenvalue weighted by molar-refractivity contribution is 0.169. The van der Waals surface area contributed by atoms with E-state index in [1.54, 1.807) is 24.3 Å². The molecule has 0 aliphatic heterocycles. The second kappa shape index (κ2) is 20.1. The molecule has 13 rings (SSSR count). The zero-order chi connectivity index (χ0) is 57.6. The first-order valence-electron chi connectivity index (χ1n) is 28.7. The molecule has 0 bridgehead atoms. The summed E-state index contributed by atoms with van der Waals surface area (Å²) in [4.78, 5) is 15.3. The number of rotatable bonds is 10. The van der Waals surface area contributed by atoms with Crippen molar-refractivity contribution in [2.45, 2.75) is 79.6 Å². The number of para-hydroxylation sites is 1. The van der Waals surface area contributed by atoms with Gasteiger partial charge in [-0.05, 0) is 171 Å². The number of nitrogens with zero attached hydrogens (tertiary/aromatic N) is 4. The van der Waals surface area contributed by atoms with E-state index in [2.05, 4.69) is 212 Å². The largest absolute Gasteiger partial charge is 0.455 e. The van der Waals surface area contributed by atoms with Crippen molar-refractivity contribution in [2.75, 3.05) is 9.80 Å². The molecule has 0 fully saturated rings. The Morgan fingerprint density at radius 3 is 1.66 bits per heavy atom. The third-order valence-electron chi connectivity index (χ3n) is 17.6. The highest BCUT2D eigenvalue weighted by molar-refractivity contribution is 6.19. The number of aromatic nitrogens is 2. The predicted octanol–water partition coefficient (Wildman–Crippen LogP) is 20.8. The molecule has 2 aliphatic rings. The zero-order valence-corrected chi connectivity index (χ0v) is 48.5. The number of halogens is 2. The molecule has 3 aromatic heterocycles. The van der Waals surface area contributed by atoms with Gasteiger partial charge in [-0.2, -0.15) is 0 Å². The van der Waals surface area contributed by atoms with E-state index in [0.717, 1.165) is 107 Å². The van der Waals surface area contributed by atoms with Crippen LogP contribution < -0.4 is 9.80 Å². The van der Waals surface area contributed by atoms with E-state index in [0.29, 0.717) is 22.3 Å². The molecule has 0 amide bonds. The molecular weight excluding hydrogens is 1020 g/mol. The van der Waals surface area contributed by atoms with Crippen LogP contribution in [-0.2, 0) is 10.8 Å². The molecule has 7 heteroatoms. The van der Waals surface area contributed by atoms with E-state index < -0.39 is 17.0 Å². The molecule has 0 spiro atoms. The van der Waals surface area contributed by atoms with Gasteiger partial charge < -0.3 is 4.42 Å². The molecule has 5 nitrogen and oxygen atoms in total. The summed E-state index contributed by atoms with van der Waals surface area (Å²) in [5.74, 6) is 0.640. The van der Waals surface area contributed by atoms with Gasteiger partial charge in [-0.15, -0.1) is 0 Å². The lowest BCUT2D eigenvalue weighted by Gasteiger charge is -2.42. The van der Waals surface area contributed by atoms with Crippen LogP contribution in [0, 0.1) is 36.3 Å². The molecule has 3 heterocycles. The molecule has 1 unspecified atom stereocenters. The maximum atomic E-state index is 16.7. The Labute approximate surface area is 486 Å². The van der Waals surface area contributed by atoms with E-state index in [-0.39, 0.29) is 16.2 Å². The molecule has 0 N–H and O–H groups in total. The fraction of sp³-hybridized carbons (Fsp3) is 0.184. The highest BCUT2D eigenvalue weighted by atomic mass is 19.1. The van der Waals surface area contributed by atoms with E-state index in [9.17, 15) is 0 Å². The topological polar surface area (TPSA) is 45.4 Å². The van der Waals surface area contributed by atoms with Crippen LogP contribution in [0.5, 0.6) is 0 Å². The molecule has 0 saturated carbocycles. The van der Waals surface area contributed by atoms with Crippen LogP contribution in [0.2, 0.25) is 0 Å². The lowest BCUT2D eigenvalue weighted by Crippen LogP contribution is -2.33. The number of anilines is 5. The van der Waals surface area contributed by atoms with Gasteiger partial charge in [-0.3, -0.25) is 9.80 Å². The highest BCUT2D eigenvalue weighted by Gasteiger charge is 2.50. The molecular formula is C76H66F2N4O. The summed E-state index contributed by atoms with van der Waals surface area (Å²) in [5.41, 5.74) is 15.0. The monoisotopic (exact) mass is 1090 g/mol. The molecule has 2 aliphatic carbocycles. The predicted molar refractivity (Wildman–Crippen MR) is 338 cm³/mol. The summed E-state index contributed by atoms with van der Waals surface area (Å²) >= 11 is 0. The van der Waals surface area contributed by atoms with Crippen LogP contribution in [0.25, 0.3) is 55.3 Å². The summed E-state index contributed by atoms with van der Waals surface area (Å²) in [7, 11) is 0. The van der Waals surface area contributed by atoms with Crippen LogP contribution in [0.4, 0.5) is 37.5 Å². The summed E-state index contributed by atoms with van der Waals surface area (Å²) < 4.78 is 40.7. The molecule has 410 valence electrons. The average molecular weight is 1090 g/mol. The molecule has 1 atom stereocenters. The van der Waals surface area contributed by atoms with Gasteiger partial charge in [0.15, 0.2) is 0 Å². The molecule has 11 aromatic rings. The third-order valence-corrected chi connectivity index (χ3v) is 17.6. The zero-order valence-electron chi connectivity index (χ0n) is 48.5. The van der Waals surface area contributed by atoms with Crippen molar-refractivity contribution >= 4 is 50.6 Å². The van der Waals surface area contributed by atoms with Gasteiger partial charge >= 0.3 is 0 Å². The van der Waals surface area contributed by atoms with E-state index in [1.165, 1.54) is 17.7 Å². The van der Waals surface area contributed by atoms with E-state index in [4.69, 9.17) is 14.4 Å². The number of allylic oxidation sites excluding steroid dienone is 3. The number of aryl methyl sites for hydroxylation is 2. The van der Waals surface area contributed by atoms with Crippen molar-refractivity contribution in [1.29, 1.82) is 0 Å². The molecule has 83 heavy (non-hydrogen) atoms. The van der Waals surface area contributed by atoms with Gasteiger partial charge in [0.25, 0.3) is 0 Å². The fourth-order valence-corrected chi connectivity index (χ4v) is 12.7. The van der Waals surface area contributed by atoms with E-state index >= 15 is 8.78 Å². The van der Waals surface area contributed by atoms with Gasteiger partial charge in [-0.25, -0.2) is 18.7 Å². The Kier molecular flexibility index (Phi) is 12.8. The Bertz CT molecular complexity index is 4350. The van der Waals surface area contributed by atoms with Gasteiger partial charge in [-0.1, -0.05) is 182 Å². The van der Waals surface area contributed by atoms with Crippen molar-refractivity contribution in [3.63, 3.8) is 0 Å². The first-order valence-corrected chi connectivity index (χ1v) is 28.7. The van der Waals surface area contributed by atoms with Crippen molar-refractivity contribution in [1.82, 2.24) is 9.97 Å². The minimum atomic E-state index is -1.35. The Balaban J connectivity index is 1.17. The Morgan fingerprint density at radius 2 is 1.11 bits per heavy atom. The van der Waals surface area contributed by atoms with Gasteiger partial charge in [0.05, 0.1) is 16.5 Å². The number of benzene rings is 8. The first-order chi connectivity index (χ1) is 39.9. The maximum Gasteiger partial charge on any atom is 0.145 e. The minimum absolute atomic E-state index is 0.0422. The summed E-state index contributed by atoms with van der Waals surface area (Å²) in [6, 6.07) is 64.7. The van der Waals surface area contributed by atoms with Gasteiger partial charge in [0.1, 0.15) is 34.4 Å². The highest BCUT2D eigenvalue weighted by Crippen LogP contribution is 2.62. The van der Waals surface area contributed by atoms with Gasteiger partial charge in [0.2, 0.25) is 0 Å². The fourth-order valence-electron chi connectivity index (χ4n) is 12.7. The number of fused-ring (bicyclic) bond motifs is 7. The molecule has 8 aromatic carbocycles. The second-order valence-corrected chi connectivity index (χ2v) is 24.9. The van der Waals surface area contributed by atoms with Crippen LogP contribution in [0.1, 0.15) is 93.8 Å². The maximum absolute atomic E-state index is 16.7. The van der Waals surface area contributed by atoms with Crippen molar-refractivity contribution in [2.24, 2.45) is 10.8 Å². The van der Waals surface area contributed by atoms with Crippen molar-refractivity contribution < 1.29 is 13.2 Å². The van der Waals surface area contributed by atoms with Crippen molar-refractivity contribution in [3.05, 3.63) is 281 Å². The average Bonchev–Trinajstić information content (AvgIpc) is 1.69.